The first-order valence-corrected chi connectivity index (χ1v) is 6.14. The van der Waals surface area contributed by atoms with E-state index in [1.165, 1.54) is 4.90 Å². The number of hydrogen-bond acceptors (Lipinski definition) is 4. The van der Waals surface area contributed by atoms with Crippen molar-refractivity contribution in [3.05, 3.63) is 41.7 Å². The van der Waals surface area contributed by atoms with Crippen LogP contribution >= 0.6 is 0 Å². The zero-order valence-electron chi connectivity index (χ0n) is 10.5. The van der Waals surface area contributed by atoms with E-state index in [9.17, 15) is 9.90 Å². The number of aromatic nitrogens is 1. The van der Waals surface area contributed by atoms with Gasteiger partial charge < -0.3 is 14.5 Å². The average molecular weight is 258 g/mol. The van der Waals surface area contributed by atoms with Gasteiger partial charge in [-0.3, -0.25) is 4.79 Å². The number of β-amino-alcohol motifs (C(OH)–C–C–N with tert-alkyl or cyclic N) is 1. The van der Waals surface area contributed by atoms with Gasteiger partial charge in [0, 0.05) is 24.7 Å². The highest BCUT2D eigenvalue weighted by Crippen LogP contribution is 2.21. The van der Waals surface area contributed by atoms with Crippen LogP contribution in [0, 0.1) is 6.92 Å². The second-order valence-electron chi connectivity index (χ2n) is 4.81. The van der Waals surface area contributed by atoms with Gasteiger partial charge in [0.25, 0.3) is 5.91 Å². The van der Waals surface area contributed by atoms with E-state index in [1.807, 2.05) is 31.2 Å². The maximum atomic E-state index is 12.0. The number of likely N-dealkylation sites (tertiary alicyclic amines) is 1. The minimum absolute atomic E-state index is 0.211. The molecule has 0 spiro atoms. The maximum absolute atomic E-state index is 12.0. The number of carbonyl (C=O) groups is 1. The number of benzene rings is 1. The molecule has 0 radical (unpaired) electrons. The molecule has 1 amide bonds. The van der Waals surface area contributed by atoms with Crippen LogP contribution in [0.1, 0.15) is 16.1 Å². The highest BCUT2D eigenvalue weighted by Gasteiger charge is 2.31. The predicted molar refractivity (Wildman–Crippen MR) is 68.6 cm³/mol. The minimum Gasteiger partial charge on any atom is -0.389 e. The Morgan fingerprint density at radius 3 is 2.68 bits per heavy atom. The van der Waals surface area contributed by atoms with Crippen molar-refractivity contribution in [3.8, 4) is 11.3 Å². The van der Waals surface area contributed by atoms with E-state index < -0.39 is 6.10 Å². The molecule has 1 aromatic carbocycles. The van der Waals surface area contributed by atoms with Crippen LogP contribution in [-0.2, 0) is 0 Å². The molecule has 5 heteroatoms. The summed E-state index contributed by atoms with van der Waals surface area (Å²) in [6.07, 6.45) is -0.413. The van der Waals surface area contributed by atoms with Crippen LogP contribution in [0.25, 0.3) is 11.3 Å². The van der Waals surface area contributed by atoms with Gasteiger partial charge in [-0.25, -0.2) is 0 Å². The highest BCUT2D eigenvalue weighted by molar-refractivity contribution is 5.93. The number of carbonyl (C=O) groups excluding carboxylic acids is 1. The summed E-state index contributed by atoms with van der Waals surface area (Å²) >= 11 is 0. The molecular formula is C14H14N2O3. The zero-order chi connectivity index (χ0) is 13.4. The van der Waals surface area contributed by atoms with E-state index in [0.717, 1.165) is 11.1 Å². The third-order valence-electron chi connectivity index (χ3n) is 3.22. The Morgan fingerprint density at radius 2 is 2.05 bits per heavy atom. The van der Waals surface area contributed by atoms with Gasteiger partial charge >= 0.3 is 0 Å². The van der Waals surface area contributed by atoms with E-state index >= 15 is 0 Å². The first-order valence-electron chi connectivity index (χ1n) is 6.14. The number of hydrogen-bond donors (Lipinski definition) is 1. The summed E-state index contributed by atoms with van der Waals surface area (Å²) in [7, 11) is 0. The van der Waals surface area contributed by atoms with Crippen LogP contribution in [0.4, 0.5) is 0 Å². The van der Waals surface area contributed by atoms with Crippen LogP contribution in [0.15, 0.2) is 34.9 Å². The number of aliphatic hydroxyl groups is 1. The van der Waals surface area contributed by atoms with Crippen LogP contribution in [0.2, 0.25) is 0 Å². The first-order chi connectivity index (χ1) is 9.13. The quantitative estimate of drug-likeness (QED) is 0.885. The Kier molecular flexibility index (Phi) is 2.83. The van der Waals surface area contributed by atoms with Crippen LogP contribution in [0.3, 0.4) is 0 Å². The van der Waals surface area contributed by atoms with Gasteiger partial charge in [0.1, 0.15) is 5.69 Å². The molecule has 1 saturated heterocycles. The molecule has 19 heavy (non-hydrogen) atoms. The third-order valence-corrected chi connectivity index (χ3v) is 3.22. The van der Waals surface area contributed by atoms with Crippen molar-refractivity contribution in [3.63, 3.8) is 0 Å². The molecule has 98 valence electrons. The van der Waals surface area contributed by atoms with E-state index in [1.54, 1.807) is 6.07 Å². The molecule has 0 unspecified atom stereocenters. The Bertz CT molecular complexity index is 597. The molecule has 1 fully saturated rings. The van der Waals surface area contributed by atoms with Gasteiger partial charge in [0.2, 0.25) is 5.76 Å². The zero-order valence-corrected chi connectivity index (χ0v) is 10.5. The van der Waals surface area contributed by atoms with Gasteiger partial charge in [-0.2, -0.15) is 0 Å². The molecule has 1 N–H and O–H groups in total. The number of aryl methyl sites for hydroxylation is 1. The topological polar surface area (TPSA) is 66.6 Å². The Hall–Kier alpha value is -2.14. The Labute approximate surface area is 110 Å². The van der Waals surface area contributed by atoms with E-state index in [2.05, 4.69) is 5.16 Å². The number of amides is 1. The molecule has 0 bridgehead atoms. The molecule has 0 saturated carbocycles. The average Bonchev–Trinajstić information content (AvgIpc) is 2.85. The fraction of sp³-hybridized carbons (Fsp3) is 0.286. The minimum atomic E-state index is -0.413. The van der Waals surface area contributed by atoms with Crippen LogP contribution in [0.5, 0.6) is 0 Å². The molecule has 0 atom stereocenters. The normalized spacial score (nSPS) is 15.4. The lowest BCUT2D eigenvalue weighted by molar-refractivity contribution is 0.00342. The summed E-state index contributed by atoms with van der Waals surface area (Å²) in [5, 5.41) is 13.1. The van der Waals surface area contributed by atoms with E-state index in [4.69, 9.17) is 4.52 Å². The second-order valence-corrected chi connectivity index (χ2v) is 4.81. The van der Waals surface area contributed by atoms with Crippen molar-refractivity contribution in [2.75, 3.05) is 13.1 Å². The second kappa shape index (κ2) is 4.51. The van der Waals surface area contributed by atoms with Crippen molar-refractivity contribution in [1.29, 1.82) is 0 Å². The largest absolute Gasteiger partial charge is 0.389 e. The molecule has 2 aromatic rings. The molecule has 3 rings (SSSR count). The van der Waals surface area contributed by atoms with E-state index in [0.29, 0.717) is 18.8 Å². The summed E-state index contributed by atoms with van der Waals surface area (Å²) in [5.74, 6) is -0.0152. The summed E-state index contributed by atoms with van der Waals surface area (Å²) < 4.78 is 5.08. The third kappa shape index (κ3) is 2.24. The fourth-order valence-electron chi connectivity index (χ4n) is 2.01. The van der Waals surface area contributed by atoms with Crippen molar-refractivity contribution < 1.29 is 14.4 Å². The predicted octanol–water partition coefficient (Wildman–Crippen LogP) is 1.47. The SMILES string of the molecule is Cc1ccc(-c2cc(C(=O)N3CC(O)C3)on2)cc1. The number of aliphatic hydroxyl groups excluding tert-OH is 1. The van der Waals surface area contributed by atoms with Crippen LogP contribution < -0.4 is 0 Å². The molecule has 0 aliphatic carbocycles. The molecule has 1 aliphatic rings. The number of rotatable bonds is 2. The van der Waals surface area contributed by atoms with E-state index in [-0.39, 0.29) is 11.7 Å². The van der Waals surface area contributed by atoms with Gasteiger partial charge in [0.05, 0.1) is 6.10 Å². The van der Waals surface area contributed by atoms with Gasteiger partial charge in [-0.1, -0.05) is 35.0 Å². The molecule has 1 aromatic heterocycles. The summed E-state index contributed by atoms with van der Waals surface area (Å²) in [5.41, 5.74) is 2.72. The monoisotopic (exact) mass is 258 g/mol. The Morgan fingerprint density at radius 1 is 1.37 bits per heavy atom. The number of nitrogens with zero attached hydrogens (tertiary/aromatic N) is 2. The van der Waals surface area contributed by atoms with Crippen molar-refractivity contribution in [1.82, 2.24) is 10.1 Å². The molecule has 5 nitrogen and oxygen atoms in total. The lowest BCUT2D eigenvalue weighted by Gasteiger charge is -2.34. The standard InChI is InChI=1S/C14H14N2O3/c1-9-2-4-10(5-3-9)12-6-13(19-15-12)14(18)16-7-11(17)8-16/h2-6,11,17H,7-8H2,1H3. The lowest BCUT2D eigenvalue weighted by atomic mass is 10.1. The molecule has 1 aliphatic heterocycles. The Balaban J connectivity index is 1.79. The first kappa shape index (κ1) is 11.9. The van der Waals surface area contributed by atoms with Gasteiger partial charge in [0.15, 0.2) is 0 Å². The molecular weight excluding hydrogens is 244 g/mol. The summed E-state index contributed by atoms with van der Waals surface area (Å²) in [6, 6.07) is 9.48. The highest BCUT2D eigenvalue weighted by atomic mass is 16.5. The fourth-order valence-corrected chi connectivity index (χ4v) is 2.01. The molecule has 2 heterocycles. The summed E-state index contributed by atoms with van der Waals surface area (Å²) in [6.45, 7) is 2.73. The smallest absolute Gasteiger partial charge is 0.292 e. The lowest BCUT2D eigenvalue weighted by Crippen LogP contribution is -2.53. The van der Waals surface area contributed by atoms with Crippen LogP contribution in [-0.4, -0.2) is 40.3 Å². The van der Waals surface area contributed by atoms with Crippen molar-refractivity contribution >= 4 is 5.91 Å². The maximum Gasteiger partial charge on any atom is 0.292 e. The van der Waals surface area contributed by atoms with Crippen molar-refractivity contribution in [2.24, 2.45) is 0 Å². The van der Waals surface area contributed by atoms with Gasteiger partial charge in [-0.15, -0.1) is 0 Å². The van der Waals surface area contributed by atoms with Gasteiger partial charge in [-0.05, 0) is 6.92 Å². The summed E-state index contributed by atoms with van der Waals surface area (Å²) in [4.78, 5) is 13.5. The van der Waals surface area contributed by atoms with Crippen molar-refractivity contribution in [2.45, 2.75) is 13.0 Å².